The number of phosphoric acid groups is 1. The topological polar surface area (TPSA) is 134 Å². The second-order valence-electron chi connectivity index (χ2n) is 19.5. The zero-order valence-corrected chi connectivity index (χ0v) is 49.5. The molecule has 0 heterocycles. The van der Waals surface area contributed by atoms with E-state index in [1.807, 2.05) is 0 Å². The summed E-state index contributed by atoms with van der Waals surface area (Å²) in [6, 6.07) is 0. The molecule has 0 aliphatic heterocycles. The SMILES string of the molecule is CC/C=C\C/C=C\C/C=C\C/C=C\C/C=C\C/C=C\C/C=C\C/C=C\C/C=C\CCCCCCCCCCCCCCCC(=O)OC(COC(=O)CCCCCCC/C=C\C/C=C\C/C=C\CC)COP(=O)(O)OCCN. The fraction of sp³-hybridized carbons (Fsp3) is 0.612. The molecule has 0 fully saturated rings. The Bertz CT molecular complexity index is 1770. The van der Waals surface area contributed by atoms with Gasteiger partial charge in [-0.25, -0.2) is 4.57 Å². The number of hydrogen-bond acceptors (Lipinski definition) is 8. The molecule has 0 radical (unpaired) electrons. The van der Waals surface area contributed by atoms with E-state index < -0.39 is 32.5 Å². The first-order valence-corrected chi connectivity index (χ1v) is 31.8. The summed E-state index contributed by atoms with van der Waals surface area (Å²) < 4.78 is 33.0. The third-order valence-electron chi connectivity index (χ3n) is 12.2. The number of allylic oxidation sites excluding steroid dienone is 24. The van der Waals surface area contributed by atoms with Gasteiger partial charge in [0.15, 0.2) is 6.10 Å². The summed E-state index contributed by atoms with van der Waals surface area (Å²) in [4.78, 5) is 35.1. The van der Waals surface area contributed by atoms with E-state index >= 15 is 0 Å². The minimum Gasteiger partial charge on any atom is -0.462 e. The van der Waals surface area contributed by atoms with Gasteiger partial charge >= 0.3 is 19.8 Å². The van der Waals surface area contributed by atoms with Crippen molar-refractivity contribution in [3.8, 4) is 0 Å². The van der Waals surface area contributed by atoms with Crippen molar-refractivity contribution in [3.63, 3.8) is 0 Å². The van der Waals surface area contributed by atoms with Crippen LogP contribution in [0.5, 0.6) is 0 Å². The number of nitrogens with two attached hydrogens (primary N) is 1. The first kappa shape index (κ1) is 72.9. The van der Waals surface area contributed by atoms with Crippen LogP contribution >= 0.6 is 7.82 Å². The molecule has 0 aromatic rings. The van der Waals surface area contributed by atoms with Gasteiger partial charge in [0.25, 0.3) is 0 Å². The molecule has 9 nitrogen and oxygen atoms in total. The smallest absolute Gasteiger partial charge is 0.462 e. The molecule has 0 aliphatic rings. The highest BCUT2D eigenvalue weighted by Crippen LogP contribution is 2.43. The fourth-order valence-corrected chi connectivity index (χ4v) is 8.58. The molecule has 0 saturated carbocycles. The number of carbonyl (C=O) groups excluding carboxylic acids is 2. The van der Waals surface area contributed by atoms with Crippen LogP contribution in [0.4, 0.5) is 0 Å². The number of esters is 2. The van der Waals surface area contributed by atoms with Crippen molar-refractivity contribution < 1.29 is 37.6 Å². The van der Waals surface area contributed by atoms with E-state index in [2.05, 4.69) is 160 Å². The van der Waals surface area contributed by atoms with E-state index in [9.17, 15) is 19.0 Å². The zero-order valence-electron chi connectivity index (χ0n) is 48.6. The molecule has 0 aromatic heterocycles. The van der Waals surface area contributed by atoms with Gasteiger partial charge in [-0.05, 0) is 116 Å². The predicted octanol–water partition coefficient (Wildman–Crippen LogP) is 19.5. The fourth-order valence-electron chi connectivity index (χ4n) is 7.82. The summed E-state index contributed by atoms with van der Waals surface area (Å²) in [6.07, 6.45) is 87.8. The number of unbranched alkanes of at least 4 members (excludes halogenated alkanes) is 18. The molecule has 0 aliphatic carbocycles. The summed E-state index contributed by atoms with van der Waals surface area (Å²) in [5.74, 6) is -0.856. The maximum Gasteiger partial charge on any atom is 0.472 e. The van der Waals surface area contributed by atoms with Gasteiger partial charge in [0.2, 0.25) is 0 Å². The molecule has 2 unspecified atom stereocenters. The Labute approximate surface area is 471 Å². The number of rotatable bonds is 55. The van der Waals surface area contributed by atoms with Crippen molar-refractivity contribution in [2.24, 2.45) is 5.73 Å². The lowest BCUT2D eigenvalue weighted by molar-refractivity contribution is -0.161. The molecular formula is C67H110NO8P. The summed E-state index contributed by atoms with van der Waals surface area (Å²) in [5.41, 5.74) is 5.38. The van der Waals surface area contributed by atoms with Gasteiger partial charge in [-0.1, -0.05) is 250 Å². The highest BCUT2D eigenvalue weighted by molar-refractivity contribution is 7.47. The molecule has 10 heteroatoms. The largest absolute Gasteiger partial charge is 0.472 e. The van der Waals surface area contributed by atoms with Crippen LogP contribution in [0, 0.1) is 0 Å². The van der Waals surface area contributed by atoms with Crippen LogP contribution in [0.1, 0.15) is 232 Å². The van der Waals surface area contributed by atoms with E-state index in [4.69, 9.17) is 24.3 Å². The first-order valence-electron chi connectivity index (χ1n) is 30.3. The molecule has 436 valence electrons. The lowest BCUT2D eigenvalue weighted by Crippen LogP contribution is -2.29. The van der Waals surface area contributed by atoms with Crippen molar-refractivity contribution in [1.29, 1.82) is 0 Å². The van der Waals surface area contributed by atoms with E-state index in [1.165, 1.54) is 64.2 Å². The van der Waals surface area contributed by atoms with Crippen molar-refractivity contribution in [2.75, 3.05) is 26.4 Å². The summed E-state index contributed by atoms with van der Waals surface area (Å²) in [7, 11) is -4.40. The Balaban J connectivity index is 3.92. The lowest BCUT2D eigenvalue weighted by Gasteiger charge is -2.19. The second kappa shape index (κ2) is 61.1. The number of carbonyl (C=O) groups is 2. The van der Waals surface area contributed by atoms with Gasteiger partial charge in [0, 0.05) is 19.4 Å². The van der Waals surface area contributed by atoms with Crippen LogP contribution in [0.25, 0.3) is 0 Å². The standard InChI is InChI=1S/C67H110NO8P/c1-3-5-7-9-11-13-15-17-19-20-21-22-23-24-25-26-27-28-29-30-31-32-33-34-35-36-37-38-39-40-41-42-43-44-46-48-50-52-54-56-58-60-67(70)76-65(64-75-77(71,72)74-62-61-68)63-73-66(69)59-57-55-53-51-49-47-45-18-16-14-12-10-8-6-4-2/h5-8,11-14,17-19,21-22,24-25,27-28,30-31,33-34,36-37,45,65H,3-4,9-10,15-16,20,23,26,29,32,35,38-44,46-64,68H2,1-2H3,(H,71,72)/b7-5-,8-6-,13-11-,14-12-,19-17-,22-21-,25-24-,28-27-,31-30-,34-33-,37-36-,45-18-. The maximum absolute atomic E-state index is 12.7. The second-order valence-corrected chi connectivity index (χ2v) is 20.9. The van der Waals surface area contributed by atoms with Crippen LogP contribution in [-0.4, -0.2) is 49.3 Å². The molecule has 0 spiro atoms. The molecule has 0 aromatic carbocycles. The molecule has 0 rings (SSSR count). The third-order valence-corrected chi connectivity index (χ3v) is 13.2. The molecule has 0 amide bonds. The van der Waals surface area contributed by atoms with E-state index in [-0.39, 0.29) is 32.6 Å². The Morgan fingerprint density at radius 1 is 0.390 bits per heavy atom. The number of hydrogen-bond donors (Lipinski definition) is 2. The Morgan fingerprint density at radius 3 is 1.00 bits per heavy atom. The zero-order chi connectivity index (χ0) is 55.9. The van der Waals surface area contributed by atoms with Gasteiger partial charge in [-0.2, -0.15) is 0 Å². The minimum atomic E-state index is -4.40. The average molecular weight is 1090 g/mol. The van der Waals surface area contributed by atoms with Gasteiger partial charge in [0.05, 0.1) is 13.2 Å². The van der Waals surface area contributed by atoms with Crippen LogP contribution in [0.2, 0.25) is 0 Å². The summed E-state index contributed by atoms with van der Waals surface area (Å²) in [6.45, 7) is 3.48. The molecular weight excluding hydrogens is 978 g/mol. The number of ether oxygens (including phenoxy) is 2. The molecule has 0 saturated heterocycles. The van der Waals surface area contributed by atoms with E-state index in [1.54, 1.807) is 0 Å². The Hall–Kier alpha value is -4.11. The van der Waals surface area contributed by atoms with E-state index in [0.29, 0.717) is 12.8 Å². The first-order chi connectivity index (χ1) is 37.8. The molecule has 3 N–H and O–H groups in total. The highest BCUT2D eigenvalue weighted by Gasteiger charge is 2.26. The van der Waals surface area contributed by atoms with Crippen LogP contribution in [-0.2, 0) is 32.7 Å². The number of phosphoric ester groups is 1. The van der Waals surface area contributed by atoms with Gasteiger partial charge in [-0.15, -0.1) is 0 Å². The average Bonchev–Trinajstić information content (AvgIpc) is 3.42. The monoisotopic (exact) mass is 1090 g/mol. The van der Waals surface area contributed by atoms with Crippen molar-refractivity contribution in [1.82, 2.24) is 0 Å². The van der Waals surface area contributed by atoms with Gasteiger partial charge in [-0.3, -0.25) is 18.6 Å². The summed E-state index contributed by atoms with van der Waals surface area (Å²) in [5, 5.41) is 0. The van der Waals surface area contributed by atoms with Crippen LogP contribution in [0.15, 0.2) is 146 Å². The molecule has 77 heavy (non-hydrogen) atoms. The van der Waals surface area contributed by atoms with Crippen LogP contribution < -0.4 is 5.73 Å². The highest BCUT2D eigenvalue weighted by atomic mass is 31.2. The Morgan fingerprint density at radius 2 is 0.675 bits per heavy atom. The van der Waals surface area contributed by atoms with Crippen molar-refractivity contribution >= 4 is 19.8 Å². The maximum atomic E-state index is 12.7. The molecule has 0 bridgehead atoms. The van der Waals surface area contributed by atoms with E-state index in [0.717, 1.165) is 128 Å². The third kappa shape index (κ3) is 61.0. The Kier molecular flexibility index (Phi) is 57.8. The predicted molar refractivity (Wildman–Crippen MR) is 330 cm³/mol. The quantitative estimate of drug-likeness (QED) is 0.0264. The molecule has 2 atom stereocenters. The van der Waals surface area contributed by atoms with Crippen LogP contribution in [0.3, 0.4) is 0 Å². The normalized spacial score (nSPS) is 14.1. The van der Waals surface area contributed by atoms with Gasteiger partial charge in [0.1, 0.15) is 6.61 Å². The lowest BCUT2D eigenvalue weighted by atomic mass is 10.0. The van der Waals surface area contributed by atoms with Crippen molar-refractivity contribution in [3.05, 3.63) is 146 Å². The minimum absolute atomic E-state index is 0.0445. The summed E-state index contributed by atoms with van der Waals surface area (Å²) >= 11 is 0. The van der Waals surface area contributed by atoms with Crippen molar-refractivity contribution in [2.45, 2.75) is 238 Å². The van der Waals surface area contributed by atoms with Gasteiger partial charge < -0.3 is 20.1 Å².